The molecule has 156 valence electrons. The Kier molecular flexibility index (Phi) is 6.27. The molecule has 2 N–H and O–H groups in total. The number of nitrogens with two attached hydrogens (primary N) is 1. The lowest BCUT2D eigenvalue weighted by Gasteiger charge is -2.40. The number of primary amides is 1. The van der Waals surface area contributed by atoms with Crippen molar-refractivity contribution in [3.63, 3.8) is 0 Å². The van der Waals surface area contributed by atoms with E-state index in [1.54, 1.807) is 12.0 Å². The molecule has 3 rings (SSSR count). The molecular weight excluding hydrogens is 394 g/mol. The lowest BCUT2D eigenvalue weighted by Crippen LogP contribution is -2.55. The monoisotopic (exact) mass is 419 g/mol. The molecule has 8 nitrogen and oxygen atoms in total. The van der Waals surface area contributed by atoms with Crippen molar-refractivity contribution in [3.05, 3.63) is 29.8 Å². The highest BCUT2D eigenvalue weighted by atomic mass is 32.2. The molecule has 1 unspecified atom stereocenters. The largest absolute Gasteiger partial charge is 0.384 e. The van der Waals surface area contributed by atoms with Gasteiger partial charge in [-0.25, -0.2) is 8.42 Å². The highest BCUT2D eigenvalue weighted by Crippen LogP contribution is 2.37. The van der Waals surface area contributed by atoms with Gasteiger partial charge in [0, 0.05) is 31.2 Å². The number of benzene rings is 1. The average Bonchev–Trinajstić information content (AvgIpc) is 2.77. The van der Waals surface area contributed by atoms with Gasteiger partial charge >= 0.3 is 0 Å². The van der Waals surface area contributed by atoms with Crippen LogP contribution in [0.1, 0.15) is 29.6 Å². The maximum absolute atomic E-state index is 13.6. The summed E-state index contributed by atoms with van der Waals surface area (Å²) in [5.74, 6) is 1.27. The van der Waals surface area contributed by atoms with Crippen LogP contribution in [0.5, 0.6) is 0 Å². The van der Waals surface area contributed by atoms with E-state index in [1.165, 1.54) is 28.6 Å². The molecule has 2 fully saturated rings. The number of terminal acetylenes is 1. The number of ether oxygens (including phenoxy) is 1. The third-order valence-corrected chi connectivity index (χ3v) is 7.49. The van der Waals surface area contributed by atoms with Crippen LogP contribution in [-0.4, -0.2) is 68.3 Å². The molecule has 2 heterocycles. The van der Waals surface area contributed by atoms with Gasteiger partial charge in [0.15, 0.2) is 0 Å². The summed E-state index contributed by atoms with van der Waals surface area (Å²) in [7, 11) is -2.50. The number of carbonyl (C=O) groups is 2. The lowest BCUT2D eigenvalue weighted by molar-refractivity contribution is -0.134. The van der Waals surface area contributed by atoms with E-state index in [1.807, 2.05) is 0 Å². The van der Waals surface area contributed by atoms with Crippen LogP contribution in [0.15, 0.2) is 29.2 Å². The number of carbonyl (C=O) groups excluding carboxylic acids is 2. The van der Waals surface area contributed by atoms with Crippen LogP contribution >= 0.6 is 0 Å². The summed E-state index contributed by atoms with van der Waals surface area (Å²) in [5, 5.41) is 0. The Morgan fingerprint density at radius 3 is 2.79 bits per heavy atom. The molecule has 0 radical (unpaired) electrons. The van der Waals surface area contributed by atoms with Gasteiger partial charge in [-0.2, -0.15) is 4.31 Å². The Labute approximate surface area is 171 Å². The second-order valence-corrected chi connectivity index (χ2v) is 9.22. The van der Waals surface area contributed by atoms with Gasteiger partial charge in [-0.15, -0.1) is 6.42 Å². The van der Waals surface area contributed by atoms with Crippen LogP contribution < -0.4 is 5.73 Å². The van der Waals surface area contributed by atoms with E-state index in [0.29, 0.717) is 26.0 Å². The number of methoxy groups -OCH3 is 1. The molecule has 2 aliphatic heterocycles. The van der Waals surface area contributed by atoms with Crippen molar-refractivity contribution in [3.8, 4) is 12.3 Å². The minimum absolute atomic E-state index is 0.0555. The molecule has 0 spiro atoms. The fourth-order valence-electron chi connectivity index (χ4n) is 4.30. The molecule has 2 aliphatic rings. The SMILES string of the molecule is C#CCN1C[C@H](COC)[C@@H]2CCCC(C1=O)N2S(=O)(=O)c1cccc(C(N)=O)c1. The fraction of sp³-hybridized carbons (Fsp3) is 0.500. The van der Waals surface area contributed by atoms with Crippen LogP contribution in [0.3, 0.4) is 0 Å². The van der Waals surface area contributed by atoms with E-state index in [4.69, 9.17) is 16.9 Å². The standard InChI is InChI=1S/C20H25N3O5S/c1-3-10-22-12-15(13-28-2)17-8-5-9-18(20(22)25)23(17)29(26,27)16-7-4-6-14(11-16)19(21)24/h1,4,6-7,11,15,17-18H,5,8-10,12-13H2,2H3,(H2,21,24)/t15-,17+,18?/m1/s1. The van der Waals surface area contributed by atoms with E-state index in [9.17, 15) is 18.0 Å². The number of nitrogens with zero attached hydrogens (tertiary/aromatic N) is 2. The van der Waals surface area contributed by atoms with Gasteiger partial charge in [0.2, 0.25) is 21.8 Å². The van der Waals surface area contributed by atoms with Gasteiger partial charge < -0.3 is 15.4 Å². The normalized spacial score (nSPS) is 25.3. The Morgan fingerprint density at radius 2 is 2.14 bits per heavy atom. The van der Waals surface area contributed by atoms with Crippen molar-refractivity contribution in [2.45, 2.75) is 36.2 Å². The Bertz CT molecular complexity index is 940. The highest BCUT2D eigenvalue weighted by Gasteiger charge is 2.49. The summed E-state index contributed by atoms with van der Waals surface area (Å²) in [6.07, 6.45) is 7.21. The van der Waals surface area contributed by atoms with Crippen molar-refractivity contribution < 1.29 is 22.7 Å². The second kappa shape index (κ2) is 8.53. The molecule has 2 amide bonds. The molecule has 29 heavy (non-hydrogen) atoms. The highest BCUT2D eigenvalue weighted by molar-refractivity contribution is 7.89. The molecule has 1 aromatic rings. The van der Waals surface area contributed by atoms with Crippen LogP contribution in [0.25, 0.3) is 0 Å². The van der Waals surface area contributed by atoms with Gasteiger partial charge in [0.1, 0.15) is 6.04 Å². The molecule has 3 atom stereocenters. The maximum Gasteiger partial charge on any atom is 0.248 e. The Hall–Kier alpha value is -2.41. The summed E-state index contributed by atoms with van der Waals surface area (Å²) in [4.78, 5) is 26.2. The van der Waals surface area contributed by atoms with E-state index in [2.05, 4.69) is 5.92 Å². The van der Waals surface area contributed by atoms with Crippen molar-refractivity contribution in [1.29, 1.82) is 0 Å². The fourth-order valence-corrected chi connectivity index (χ4v) is 6.23. The first-order valence-electron chi connectivity index (χ1n) is 9.45. The molecule has 9 heteroatoms. The first-order valence-corrected chi connectivity index (χ1v) is 10.9. The van der Waals surface area contributed by atoms with Crippen molar-refractivity contribution >= 4 is 21.8 Å². The zero-order valence-corrected chi connectivity index (χ0v) is 17.1. The molecule has 0 aliphatic carbocycles. The number of hydrogen-bond acceptors (Lipinski definition) is 5. The lowest BCUT2D eigenvalue weighted by atomic mass is 9.91. The van der Waals surface area contributed by atoms with Crippen LogP contribution in [0.4, 0.5) is 0 Å². The van der Waals surface area contributed by atoms with Crippen molar-refractivity contribution in [2.75, 3.05) is 26.8 Å². The predicted octanol–water partition coefficient (Wildman–Crippen LogP) is 0.435. The predicted molar refractivity (Wildman–Crippen MR) is 106 cm³/mol. The Balaban J connectivity index is 2.10. The summed E-state index contributed by atoms with van der Waals surface area (Å²) < 4.78 is 33.9. The number of amides is 2. The first kappa shape index (κ1) is 21.3. The van der Waals surface area contributed by atoms with E-state index in [0.717, 1.165) is 6.42 Å². The van der Waals surface area contributed by atoms with Crippen molar-refractivity contribution in [1.82, 2.24) is 9.21 Å². The van der Waals surface area contributed by atoms with Crippen LogP contribution in [0, 0.1) is 18.3 Å². The summed E-state index contributed by atoms with van der Waals surface area (Å²) in [6, 6.07) is 4.37. The van der Waals surface area contributed by atoms with Crippen LogP contribution in [-0.2, 0) is 19.6 Å². The number of fused-ring (bicyclic) bond motifs is 2. The number of hydrogen-bond donors (Lipinski definition) is 1. The third kappa shape index (κ3) is 4.01. The van der Waals surface area contributed by atoms with E-state index >= 15 is 0 Å². The zero-order valence-electron chi connectivity index (χ0n) is 16.3. The van der Waals surface area contributed by atoms with E-state index in [-0.39, 0.29) is 28.8 Å². The van der Waals surface area contributed by atoms with Gasteiger partial charge in [-0.05, 0) is 37.5 Å². The molecular formula is C20H25N3O5S. The smallest absolute Gasteiger partial charge is 0.248 e. The second-order valence-electron chi connectivity index (χ2n) is 7.38. The minimum Gasteiger partial charge on any atom is -0.384 e. The van der Waals surface area contributed by atoms with Crippen molar-refractivity contribution in [2.24, 2.45) is 11.7 Å². The Morgan fingerprint density at radius 1 is 1.38 bits per heavy atom. The van der Waals surface area contributed by atoms with Crippen LogP contribution in [0.2, 0.25) is 0 Å². The molecule has 2 bridgehead atoms. The van der Waals surface area contributed by atoms with Gasteiger partial charge in [0.25, 0.3) is 0 Å². The van der Waals surface area contributed by atoms with Gasteiger partial charge in [-0.3, -0.25) is 9.59 Å². The molecule has 1 aromatic carbocycles. The average molecular weight is 420 g/mol. The number of rotatable bonds is 6. The van der Waals surface area contributed by atoms with E-state index < -0.39 is 28.0 Å². The molecule has 2 saturated heterocycles. The first-order chi connectivity index (χ1) is 13.8. The quantitative estimate of drug-likeness (QED) is 0.673. The summed E-state index contributed by atoms with van der Waals surface area (Å²) in [6.45, 7) is 0.762. The summed E-state index contributed by atoms with van der Waals surface area (Å²) >= 11 is 0. The molecule has 0 saturated carbocycles. The maximum atomic E-state index is 13.6. The topological polar surface area (TPSA) is 110 Å². The summed E-state index contributed by atoms with van der Waals surface area (Å²) in [5.41, 5.74) is 5.41. The number of sulfonamides is 1. The third-order valence-electron chi connectivity index (χ3n) is 5.56. The van der Waals surface area contributed by atoms with Gasteiger partial charge in [-0.1, -0.05) is 12.0 Å². The molecule has 0 aromatic heterocycles. The number of piperidine rings is 1. The minimum atomic E-state index is -4.05. The van der Waals surface area contributed by atoms with Gasteiger partial charge in [0.05, 0.1) is 18.0 Å². The zero-order chi connectivity index (χ0) is 21.2.